The van der Waals surface area contributed by atoms with Gasteiger partial charge in [0.15, 0.2) is 5.88 Å². The number of hydrogen-bond acceptors (Lipinski definition) is 3. The average molecular weight is 140 g/mol. The minimum atomic E-state index is 0.310. The summed E-state index contributed by atoms with van der Waals surface area (Å²) in [5, 5.41) is 9.24. The van der Waals surface area contributed by atoms with Gasteiger partial charge < -0.3 is 10.0 Å². The number of allylic oxidation sites excluding steroid dienone is 1. The summed E-state index contributed by atoms with van der Waals surface area (Å²) in [5.74, 6) is 0.310. The van der Waals surface area contributed by atoms with Crippen LogP contribution in [-0.2, 0) is 0 Å². The highest BCUT2D eigenvalue weighted by atomic mass is 16.3. The summed E-state index contributed by atoms with van der Waals surface area (Å²) in [6.45, 7) is 4.61. The van der Waals surface area contributed by atoms with E-state index in [0.29, 0.717) is 18.6 Å². The Bertz CT molecular complexity index is 172. The Kier molecular flexibility index (Phi) is 1.94. The number of aliphatic hydroxyl groups is 1. The van der Waals surface area contributed by atoms with Crippen LogP contribution in [0.3, 0.4) is 0 Å². The summed E-state index contributed by atoms with van der Waals surface area (Å²) in [7, 11) is 0. The van der Waals surface area contributed by atoms with Gasteiger partial charge in [0.05, 0.1) is 0 Å². The van der Waals surface area contributed by atoms with Crippen LogP contribution in [-0.4, -0.2) is 28.9 Å². The Morgan fingerprint density at radius 3 is 2.80 bits per heavy atom. The zero-order valence-corrected chi connectivity index (χ0v) is 6.28. The summed E-state index contributed by atoms with van der Waals surface area (Å²) in [6, 6.07) is 0.314. The van der Waals surface area contributed by atoms with Gasteiger partial charge in [-0.05, 0) is 13.8 Å². The second-order valence-electron chi connectivity index (χ2n) is 2.56. The number of aliphatic imine (C=N–C) groups is 1. The predicted octanol–water partition coefficient (Wildman–Crippen LogP) is 1.14. The maximum Gasteiger partial charge on any atom is 0.190 e. The van der Waals surface area contributed by atoms with E-state index in [1.165, 1.54) is 0 Å². The summed E-state index contributed by atoms with van der Waals surface area (Å²) in [4.78, 5) is 5.81. The summed E-state index contributed by atoms with van der Waals surface area (Å²) >= 11 is 0. The topological polar surface area (TPSA) is 35.8 Å². The molecule has 3 heteroatoms. The van der Waals surface area contributed by atoms with Crippen LogP contribution in [0.2, 0.25) is 0 Å². The highest BCUT2D eigenvalue weighted by Gasteiger charge is 2.12. The fraction of sp³-hybridized carbons (Fsp3) is 0.571. The van der Waals surface area contributed by atoms with E-state index in [1.54, 1.807) is 12.3 Å². The molecule has 0 saturated carbocycles. The van der Waals surface area contributed by atoms with Crippen molar-refractivity contribution < 1.29 is 5.11 Å². The lowest BCUT2D eigenvalue weighted by Crippen LogP contribution is -2.31. The van der Waals surface area contributed by atoms with Gasteiger partial charge in [0, 0.05) is 18.3 Å². The highest BCUT2D eigenvalue weighted by molar-refractivity contribution is 5.72. The smallest absolute Gasteiger partial charge is 0.190 e. The molecule has 56 valence electrons. The van der Waals surface area contributed by atoms with E-state index in [2.05, 4.69) is 4.99 Å². The lowest BCUT2D eigenvalue weighted by molar-refractivity contribution is 0.170. The molecule has 0 aromatic heterocycles. The van der Waals surface area contributed by atoms with Crippen LogP contribution in [0, 0.1) is 0 Å². The maximum atomic E-state index is 9.24. The Hall–Kier alpha value is -0.990. The first-order valence-electron chi connectivity index (χ1n) is 3.37. The van der Waals surface area contributed by atoms with E-state index < -0.39 is 0 Å². The Morgan fingerprint density at radius 2 is 2.40 bits per heavy atom. The SMILES string of the molecule is CC(C)N1CN=CC=C1O. The van der Waals surface area contributed by atoms with Crippen LogP contribution in [0.1, 0.15) is 13.8 Å². The van der Waals surface area contributed by atoms with Gasteiger partial charge in [-0.15, -0.1) is 0 Å². The molecular formula is C7H12N2O. The summed E-state index contributed by atoms with van der Waals surface area (Å²) in [6.07, 6.45) is 3.22. The molecule has 0 unspecified atom stereocenters. The average Bonchev–Trinajstić information content (AvgIpc) is 1.88. The van der Waals surface area contributed by atoms with Crippen molar-refractivity contribution >= 4 is 6.21 Å². The van der Waals surface area contributed by atoms with Crippen molar-refractivity contribution in [1.82, 2.24) is 4.90 Å². The van der Waals surface area contributed by atoms with Crippen LogP contribution < -0.4 is 0 Å². The number of nitrogens with zero attached hydrogens (tertiary/aromatic N) is 2. The van der Waals surface area contributed by atoms with Crippen molar-refractivity contribution in [3.63, 3.8) is 0 Å². The second kappa shape index (κ2) is 2.73. The fourth-order valence-electron chi connectivity index (χ4n) is 0.851. The van der Waals surface area contributed by atoms with E-state index in [-0.39, 0.29) is 0 Å². The molecule has 0 aromatic carbocycles. The van der Waals surface area contributed by atoms with E-state index in [1.807, 2.05) is 18.7 Å². The summed E-state index contributed by atoms with van der Waals surface area (Å²) < 4.78 is 0. The molecule has 10 heavy (non-hydrogen) atoms. The number of rotatable bonds is 1. The van der Waals surface area contributed by atoms with E-state index in [4.69, 9.17) is 0 Å². The quantitative estimate of drug-likeness (QED) is 0.592. The van der Waals surface area contributed by atoms with Crippen molar-refractivity contribution in [3.05, 3.63) is 12.0 Å². The third-order valence-electron chi connectivity index (χ3n) is 1.48. The zero-order valence-electron chi connectivity index (χ0n) is 6.28. The highest BCUT2D eigenvalue weighted by Crippen LogP contribution is 2.08. The first-order valence-corrected chi connectivity index (χ1v) is 3.37. The van der Waals surface area contributed by atoms with Gasteiger partial charge in [0.1, 0.15) is 6.67 Å². The molecule has 0 saturated heterocycles. The Balaban J connectivity index is 2.64. The maximum absolute atomic E-state index is 9.24. The van der Waals surface area contributed by atoms with Crippen LogP contribution >= 0.6 is 0 Å². The summed E-state index contributed by atoms with van der Waals surface area (Å²) in [5.41, 5.74) is 0. The van der Waals surface area contributed by atoms with Crippen molar-refractivity contribution in [2.24, 2.45) is 4.99 Å². The van der Waals surface area contributed by atoms with Crippen LogP contribution in [0.25, 0.3) is 0 Å². The van der Waals surface area contributed by atoms with E-state index in [0.717, 1.165) is 0 Å². The van der Waals surface area contributed by atoms with Gasteiger partial charge in [-0.3, -0.25) is 4.99 Å². The third-order valence-corrected chi connectivity index (χ3v) is 1.48. The second-order valence-corrected chi connectivity index (χ2v) is 2.56. The Labute approximate surface area is 60.7 Å². The molecule has 0 fully saturated rings. The first-order chi connectivity index (χ1) is 4.72. The number of aliphatic hydroxyl groups excluding tert-OH is 1. The minimum absolute atomic E-state index is 0.310. The molecule has 1 aliphatic rings. The minimum Gasteiger partial charge on any atom is -0.495 e. The molecule has 0 spiro atoms. The van der Waals surface area contributed by atoms with Gasteiger partial charge >= 0.3 is 0 Å². The predicted molar refractivity (Wildman–Crippen MR) is 41.0 cm³/mol. The molecule has 0 radical (unpaired) electrons. The fourth-order valence-corrected chi connectivity index (χ4v) is 0.851. The number of hydrogen-bond donors (Lipinski definition) is 1. The van der Waals surface area contributed by atoms with Gasteiger partial charge in [0.2, 0.25) is 0 Å². The Morgan fingerprint density at radius 1 is 1.70 bits per heavy atom. The van der Waals surface area contributed by atoms with Gasteiger partial charge in [-0.25, -0.2) is 0 Å². The van der Waals surface area contributed by atoms with Crippen molar-refractivity contribution in [2.75, 3.05) is 6.67 Å². The molecule has 0 amide bonds. The molecule has 0 aromatic rings. The molecule has 1 rings (SSSR count). The molecule has 0 atom stereocenters. The lowest BCUT2D eigenvalue weighted by Gasteiger charge is -2.26. The normalized spacial score (nSPS) is 17.9. The first kappa shape index (κ1) is 7.12. The largest absolute Gasteiger partial charge is 0.495 e. The molecule has 0 bridgehead atoms. The van der Waals surface area contributed by atoms with Crippen molar-refractivity contribution in [1.29, 1.82) is 0 Å². The van der Waals surface area contributed by atoms with Gasteiger partial charge in [-0.2, -0.15) is 0 Å². The molecule has 1 heterocycles. The van der Waals surface area contributed by atoms with Crippen LogP contribution in [0.5, 0.6) is 0 Å². The lowest BCUT2D eigenvalue weighted by atomic mass is 10.3. The molecular weight excluding hydrogens is 128 g/mol. The standard InChI is InChI=1S/C7H12N2O/c1-6(2)9-5-8-4-3-7(9)10/h3-4,6,10H,5H2,1-2H3. The van der Waals surface area contributed by atoms with Crippen molar-refractivity contribution in [3.8, 4) is 0 Å². The van der Waals surface area contributed by atoms with Gasteiger partial charge in [-0.1, -0.05) is 0 Å². The van der Waals surface area contributed by atoms with Crippen LogP contribution in [0.4, 0.5) is 0 Å². The van der Waals surface area contributed by atoms with E-state index >= 15 is 0 Å². The monoisotopic (exact) mass is 140 g/mol. The molecule has 3 nitrogen and oxygen atoms in total. The zero-order chi connectivity index (χ0) is 7.56. The molecule has 0 aliphatic carbocycles. The molecule has 1 aliphatic heterocycles. The van der Waals surface area contributed by atoms with Crippen LogP contribution in [0.15, 0.2) is 17.0 Å². The molecule has 1 N–H and O–H groups in total. The van der Waals surface area contributed by atoms with Crippen molar-refractivity contribution in [2.45, 2.75) is 19.9 Å². The van der Waals surface area contributed by atoms with E-state index in [9.17, 15) is 5.11 Å². The van der Waals surface area contributed by atoms with Gasteiger partial charge in [0.25, 0.3) is 0 Å². The third kappa shape index (κ3) is 1.29.